The summed E-state index contributed by atoms with van der Waals surface area (Å²) in [6, 6.07) is 9.49. The molecule has 0 heterocycles. The predicted molar refractivity (Wildman–Crippen MR) is 81.9 cm³/mol. The van der Waals surface area contributed by atoms with Crippen molar-refractivity contribution >= 4 is 46.2 Å². The van der Waals surface area contributed by atoms with Crippen LogP contribution in [0, 0.1) is 10.1 Å². The van der Waals surface area contributed by atoms with Crippen LogP contribution in [0.5, 0.6) is 0 Å². The molecule has 0 aliphatic heterocycles. The molecule has 1 N–H and O–H groups in total. The number of nitro groups is 1. The molecule has 0 fully saturated rings. The summed E-state index contributed by atoms with van der Waals surface area (Å²) in [4.78, 5) is 10.5. The Morgan fingerprint density at radius 3 is 2.40 bits per heavy atom. The largest absolute Gasteiger partial charge is 0.375 e. The van der Waals surface area contributed by atoms with Crippen molar-refractivity contribution in [3.8, 4) is 0 Å². The molecule has 0 aliphatic rings. The molecule has 0 saturated heterocycles. The van der Waals surface area contributed by atoms with E-state index in [2.05, 4.69) is 5.32 Å². The second-order valence-corrected chi connectivity index (χ2v) is 5.29. The molecule has 0 radical (unpaired) electrons. The maximum absolute atomic E-state index is 11.0. The van der Waals surface area contributed by atoms with Crippen molar-refractivity contribution in [2.45, 2.75) is 6.54 Å². The Hall–Kier alpha value is -1.49. The van der Waals surface area contributed by atoms with Gasteiger partial charge in [-0.1, -0.05) is 34.8 Å². The van der Waals surface area contributed by atoms with Crippen LogP contribution in [0.1, 0.15) is 5.56 Å². The molecule has 0 aromatic heterocycles. The summed E-state index contributed by atoms with van der Waals surface area (Å²) in [5.74, 6) is 0. The highest BCUT2D eigenvalue weighted by Gasteiger charge is 2.14. The third kappa shape index (κ3) is 3.54. The molecule has 20 heavy (non-hydrogen) atoms. The van der Waals surface area contributed by atoms with Crippen LogP contribution >= 0.6 is 34.8 Å². The minimum Gasteiger partial charge on any atom is -0.375 e. The zero-order valence-electron chi connectivity index (χ0n) is 10.1. The van der Waals surface area contributed by atoms with Crippen molar-refractivity contribution in [2.75, 3.05) is 5.32 Å². The quantitative estimate of drug-likeness (QED) is 0.621. The number of hydrogen-bond donors (Lipinski definition) is 1. The first-order valence-corrected chi connectivity index (χ1v) is 6.72. The number of nitrogens with zero attached hydrogens (tertiary/aromatic N) is 1. The predicted octanol–water partition coefficient (Wildman–Crippen LogP) is 5.17. The Labute approximate surface area is 130 Å². The molecule has 0 saturated carbocycles. The van der Waals surface area contributed by atoms with Crippen molar-refractivity contribution in [3.63, 3.8) is 0 Å². The fraction of sp³-hybridized carbons (Fsp3) is 0.0769. The van der Waals surface area contributed by atoms with E-state index in [1.165, 1.54) is 6.07 Å². The number of rotatable bonds is 4. The van der Waals surface area contributed by atoms with Crippen molar-refractivity contribution in [1.29, 1.82) is 0 Å². The summed E-state index contributed by atoms with van der Waals surface area (Å²) in [5.41, 5.74) is 1.04. The van der Waals surface area contributed by atoms with Gasteiger partial charge in [0.05, 0.1) is 4.92 Å². The molecule has 7 heteroatoms. The minimum absolute atomic E-state index is 0.0874. The van der Waals surface area contributed by atoms with Gasteiger partial charge in [-0.15, -0.1) is 0 Å². The Bertz CT molecular complexity index is 662. The number of hydrogen-bond acceptors (Lipinski definition) is 3. The van der Waals surface area contributed by atoms with Crippen molar-refractivity contribution in [3.05, 3.63) is 67.1 Å². The number of benzene rings is 2. The van der Waals surface area contributed by atoms with Gasteiger partial charge in [0.1, 0.15) is 5.69 Å². The van der Waals surface area contributed by atoms with Crippen molar-refractivity contribution < 1.29 is 4.92 Å². The lowest BCUT2D eigenvalue weighted by Gasteiger charge is -2.09. The number of nitro benzene ring substituents is 1. The van der Waals surface area contributed by atoms with Crippen LogP contribution in [-0.2, 0) is 6.54 Å². The standard InChI is InChI=1S/C13H9Cl3N2O2/c14-9-1-3-11(16)8(5-9)7-17-12-4-2-10(15)6-13(12)18(19)20/h1-6,17H,7H2. The first-order valence-electron chi connectivity index (χ1n) is 5.59. The van der Waals surface area contributed by atoms with E-state index in [1.54, 1.807) is 30.3 Å². The fourth-order valence-corrected chi connectivity index (χ4v) is 2.22. The van der Waals surface area contributed by atoms with Gasteiger partial charge in [0.25, 0.3) is 5.69 Å². The molecule has 2 aromatic rings. The summed E-state index contributed by atoms with van der Waals surface area (Å²) in [6.07, 6.45) is 0. The maximum Gasteiger partial charge on any atom is 0.293 e. The first kappa shape index (κ1) is 14.9. The lowest BCUT2D eigenvalue weighted by Crippen LogP contribution is -2.03. The van der Waals surface area contributed by atoms with Gasteiger partial charge in [-0.05, 0) is 35.9 Å². The smallest absolute Gasteiger partial charge is 0.293 e. The van der Waals surface area contributed by atoms with E-state index in [0.717, 1.165) is 5.56 Å². The fourth-order valence-electron chi connectivity index (χ4n) is 1.67. The van der Waals surface area contributed by atoms with Gasteiger partial charge in [0.15, 0.2) is 0 Å². The average Bonchev–Trinajstić information content (AvgIpc) is 2.40. The highest BCUT2D eigenvalue weighted by atomic mass is 35.5. The molecule has 2 rings (SSSR count). The summed E-state index contributed by atoms with van der Waals surface area (Å²) >= 11 is 17.7. The first-order chi connectivity index (χ1) is 9.47. The van der Waals surface area contributed by atoms with Crippen LogP contribution in [-0.4, -0.2) is 4.92 Å². The van der Waals surface area contributed by atoms with Gasteiger partial charge in [0, 0.05) is 27.7 Å². The molecule has 4 nitrogen and oxygen atoms in total. The van der Waals surface area contributed by atoms with E-state index in [-0.39, 0.29) is 5.69 Å². The van der Waals surface area contributed by atoms with E-state index < -0.39 is 4.92 Å². The van der Waals surface area contributed by atoms with Crippen LogP contribution in [0.15, 0.2) is 36.4 Å². The average molecular weight is 332 g/mol. The number of anilines is 1. The van der Waals surface area contributed by atoms with Gasteiger partial charge >= 0.3 is 0 Å². The third-order valence-electron chi connectivity index (χ3n) is 2.63. The molecular weight excluding hydrogens is 323 g/mol. The summed E-state index contributed by atoms with van der Waals surface area (Å²) < 4.78 is 0. The Morgan fingerprint density at radius 2 is 1.70 bits per heavy atom. The highest BCUT2D eigenvalue weighted by molar-refractivity contribution is 6.33. The second kappa shape index (κ2) is 6.31. The molecule has 0 aliphatic carbocycles. The molecule has 0 bridgehead atoms. The molecule has 0 atom stereocenters. The maximum atomic E-state index is 11.0. The molecular formula is C13H9Cl3N2O2. The number of nitrogens with one attached hydrogen (secondary N) is 1. The molecule has 0 spiro atoms. The van der Waals surface area contributed by atoms with Gasteiger partial charge in [-0.3, -0.25) is 10.1 Å². The molecule has 104 valence electrons. The second-order valence-electron chi connectivity index (χ2n) is 4.01. The minimum atomic E-state index is -0.492. The molecule has 2 aromatic carbocycles. The van der Waals surface area contributed by atoms with Crippen LogP contribution in [0.3, 0.4) is 0 Å². The lowest BCUT2D eigenvalue weighted by molar-refractivity contribution is -0.383. The van der Waals surface area contributed by atoms with E-state index >= 15 is 0 Å². The Kier molecular flexibility index (Phi) is 4.70. The van der Waals surface area contributed by atoms with Gasteiger partial charge < -0.3 is 5.32 Å². The number of halogens is 3. The summed E-state index contributed by atoms with van der Waals surface area (Å²) in [6.45, 7) is 0.321. The van der Waals surface area contributed by atoms with Crippen LogP contribution in [0.25, 0.3) is 0 Å². The summed E-state index contributed by atoms with van der Waals surface area (Å²) in [7, 11) is 0. The zero-order valence-corrected chi connectivity index (χ0v) is 12.3. The van der Waals surface area contributed by atoms with E-state index in [4.69, 9.17) is 34.8 Å². The molecule has 0 unspecified atom stereocenters. The highest BCUT2D eigenvalue weighted by Crippen LogP contribution is 2.29. The normalized spacial score (nSPS) is 10.3. The van der Waals surface area contributed by atoms with Gasteiger partial charge in [-0.25, -0.2) is 0 Å². The molecule has 0 amide bonds. The summed E-state index contributed by atoms with van der Waals surface area (Å²) in [5, 5.41) is 15.3. The van der Waals surface area contributed by atoms with Crippen molar-refractivity contribution in [2.24, 2.45) is 0 Å². The Balaban J connectivity index is 2.23. The van der Waals surface area contributed by atoms with Gasteiger partial charge in [0.2, 0.25) is 0 Å². The van der Waals surface area contributed by atoms with E-state index in [0.29, 0.717) is 27.3 Å². The van der Waals surface area contributed by atoms with Crippen LogP contribution in [0.4, 0.5) is 11.4 Å². The van der Waals surface area contributed by atoms with E-state index in [9.17, 15) is 10.1 Å². The lowest BCUT2D eigenvalue weighted by atomic mass is 10.2. The van der Waals surface area contributed by atoms with Crippen molar-refractivity contribution in [1.82, 2.24) is 0 Å². The zero-order chi connectivity index (χ0) is 14.7. The SMILES string of the molecule is O=[N+]([O-])c1cc(Cl)ccc1NCc1cc(Cl)ccc1Cl. The monoisotopic (exact) mass is 330 g/mol. The van der Waals surface area contributed by atoms with E-state index in [1.807, 2.05) is 0 Å². The van der Waals surface area contributed by atoms with Gasteiger partial charge in [-0.2, -0.15) is 0 Å². The Morgan fingerprint density at radius 1 is 1.05 bits per heavy atom. The third-order valence-corrected chi connectivity index (χ3v) is 3.47. The topological polar surface area (TPSA) is 55.2 Å². The van der Waals surface area contributed by atoms with Crippen LogP contribution < -0.4 is 5.32 Å². The van der Waals surface area contributed by atoms with Crippen LogP contribution in [0.2, 0.25) is 15.1 Å².